The fraction of sp³-hybridized carbons (Fsp3) is 0.600. The van der Waals surface area contributed by atoms with Crippen molar-refractivity contribution in [1.29, 1.82) is 0 Å². The highest BCUT2D eigenvalue weighted by molar-refractivity contribution is 5.83. The number of aryl methyl sites for hydroxylation is 1. The number of carbonyl (C=O) groups is 2. The van der Waals surface area contributed by atoms with E-state index in [9.17, 15) is 9.59 Å². The van der Waals surface area contributed by atoms with E-state index in [0.717, 1.165) is 37.5 Å². The second-order valence-electron chi connectivity index (χ2n) is 5.23. The van der Waals surface area contributed by atoms with Gasteiger partial charge in [-0.05, 0) is 38.3 Å². The SMILES string of the molecule is Cc1ccc(CNC(=O)CCC(=O)N2CCCCC2)o1. The number of piperidine rings is 1. The van der Waals surface area contributed by atoms with Crippen LogP contribution in [-0.2, 0) is 16.1 Å². The third-order valence-electron chi connectivity index (χ3n) is 3.53. The molecule has 110 valence electrons. The first-order valence-corrected chi connectivity index (χ1v) is 7.25. The van der Waals surface area contributed by atoms with Gasteiger partial charge in [0.05, 0.1) is 6.54 Å². The average molecular weight is 278 g/mol. The molecule has 1 aliphatic heterocycles. The van der Waals surface area contributed by atoms with Crippen LogP contribution < -0.4 is 5.32 Å². The largest absolute Gasteiger partial charge is 0.465 e. The molecule has 0 unspecified atom stereocenters. The summed E-state index contributed by atoms with van der Waals surface area (Å²) >= 11 is 0. The molecule has 0 bridgehead atoms. The van der Waals surface area contributed by atoms with E-state index < -0.39 is 0 Å². The molecular formula is C15H22N2O3. The molecule has 0 spiro atoms. The number of furan rings is 1. The Kier molecular flexibility index (Phi) is 5.21. The maximum Gasteiger partial charge on any atom is 0.223 e. The molecule has 2 amide bonds. The minimum absolute atomic E-state index is 0.0914. The Morgan fingerprint density at radius 1 is 1.20 bits per heavy atom. The van der Waals surface area contributed by atoms with E-state index in [1.807, 2.05) is 24.0 Å². The minimum atomic E-state index is -0.107. The summed E-state index contributed by atoms with van der Waals surface area (Å²) in [6, 6.07) is 3.70. The van der Waals surface area contributed by atoms with E-state index in [1.165, 1.54) is 6.42 Å². The van der Waals surface area contributed by atoms with E-state index in [1.54, 1.807) is 0 Å². The third kappa shape index (κ3) is 4.40. The van der Waals surface area contributed by atoms with Crippen LogP contribution in [-0.4, -0.2) is 29.8 Å². The van der Waals surface area contributed by atoms with Crippen molar-refractivity contribution in [2.45, 2.75) is 45.6 Å². The van der Waals surface area contributed by atoms with Crippen molar-refractivity contribution in [2.24, 2.45) is 0 Å². The Morgan fingerprint density at radius 3 is 2.60 bits per heavy atom. The van der Waals surface area contributed by atoms with E-state index in [4.69, 9.17) is 4.42 Å². The molecule has 1 fully saturated rings. The van der Waals surface area contributed by atoms with Crippen molar-refractivity contribution in [3.8, 4) is 0 Å². The van der Waals surface area contributed by atoms with E-state index >= 15 is 0 Å². The Hall–Kier alpha value is -1.78. The van der Waals surface area contributed by atoms with Gasteiger partial charge >= 0.3 is 0 Å². The smallest absolute Gasteiger partial charge is 0.223 e. The maximum absolute atomic E-state index is 11.9. The molecule has 1 aromatic rings. The van der Waals surface area contributed by atoms with Crippen LogP contribution in [0.2, 0.25) is 0 Å². The normalized spacial score (nSPS) is 15.2. The second-order valence-corrected chi connectivity index (χ2v) is 5.23. The summed E-state index contributed by atoms with van der Waals surface area (Å²) in [7, 11) is 0. The van der Waals surface area contributed by atoms with Crippen LogP contribution in [0.15, 0.2) is 16.5 Å². The van der Waals surface area contributed by atoms with Gasteiger partial charge in [0, 0.05) is 25.9 Å². The molecule has 0 atom stereocenters. The molecule has 2 rings (SSSR count). The van der Waals surface area contributed by atoms with Crippen molar-refractivity contribution < 1.29 is 14.0 Å². The predicted molar refractivity (Wildman–Crippen MR) is 75.0 cm³/mol. The standard InChI is InChI=1S/C15H22N2O3/c1-12-5-6-13(20-12)11-16-14(18)7-8-15(19)17-9-3-2-4-10-17/h5-6H,2-4,7-11H2,1H3,(H,16,18). The van der Waals surface area contributed by atoms with Crippen molar-refractivity contribution in [2.75, 3.05) is 13.1 Å². The van der Waals surface area contributed by atoms with Gasteiger partial charge < -0.3 is 14.6 Å². The lowest BCUT2D eigenvalue weighted by Gasteiger charge is -2.26. The summed E-state index contributed by atoms with van der Waals surface area (Å²) in [5.41, 5.74) is 0. The number of carbonyl (C=O) groups excluding carboxylic acids is 2. The average Bonchev–Trinajstić information content (AvgIpc) is 2.89. The molecule has 1 N–H and O–H groups in total. The molecular weight excluding hydrogens is 256 g/mol. The molecule has 5 heteroatoms. The Labute approximate surface area is 119 Å². The minimum Gasteiger partial charge on any atom is -0.465 e. The van der Waals surface area contributed by atoms with Crippen molar-refractivity contribution in [3.05, 3.63) is 23.7 Å². The molecule has 0 radical (unpaired) electrons. The summed E-state index contributed by atoms with van der Waals surface area (Å²) in [6.45, 7) is 3.92. The molecule has 2 heterocycles. The molecule has 1 aromatic heterocycles. The lowest BCUT2D eigenvalue weighted by molar-refractivity contribution is -0.134. The van der Waals surface area contributed by atoms with E-state index in [-0.39, 0.29) is 18.2 Å². The number of rotatable bonds is 5. The van der Waals surface area contributed by atoms with Gasteiger partial charge in [-0.2, -0.15) is 0 Å². The molecule has 1 saturated heterocycles. The topological polar surface area (TPSA) is 62.6 Å². The fourth-order valence-electron chi connectivity index (χ4n) is 2.38. The highest BCUT2D eigenvalue weighted by Gasteiger charge is 2.17. The molecule has 0 aliphatic carbocycles. The van der Waals surface area contributed by atoms with Crippen LogP contribution in [0.4, 0.5) is 0 Å². The lowest BCUT2D eigenvalue weighted by atomic mass is 10.1. The molecule has 1 aliphatic rings. The number of hydrogen-bond acceptors (Lipinski definition) is 3. The summed E-state index contributed by atoms with van der Waals surface area (Å²) in [6.07, 6.45) is 3.90. The Balaban J connectivity index is 1.65. The summed E-state index contributed by atoms with van der Waals surface area (Å²) in [5.74, 6) is 1.55. The summed E-state index contributed by atoms with van der Waals surface area (Å²) in [4.78, 5) is 25.5. The first-order chi connectivity index (χ1) is 9.65. The number of nitrogens with zero attached hydrogens (tertiary/aromatic N) is 1. The number of amides is 2. The van der Waals surface area contributed by atoms with Gasteiger partial charge in [0.25, 0.3) is 0 Å². The Bertz CT molecular complexity index is 461. The highest BCUT2D eigenvalue weighted by atomic mass is 16.3. The van der Waals surface area contributed by atoms with Gasteiger partial charge in [0.15, 0.2) is 0 Å². The van der Waals surface area contributed by atoms with Gasteiger partial charge in [0.1, 0.15) is 11.5 Å². The summed E-state index contributed by atoms with van der Waals surface area (Å²) in [5, 5.41) is 2.77. The highest BCUT2D eigenvalue weighted by Crippen LogP contribution is 2.11. The number of likely N-dealkylation sites (tertiary alicyclic amines) is 1. The maximum atomic E-state index is 11.9. The van der Waals surface area contributed by atoms with E-state index in [0.29, 0.717) is 13.0 Å². The monoisotopic (exact) mass is 278 g/mol. The summed E-state index contributed by atoms with van der Waals surface area (Å²) < 4.78 is 5.36. The first kappa shape index (κ1) is 14.6. The quantitative estimate of drug-likeness (QED) is 0.896. The van der Waals surface area contributed by atoms with Crippen LogP contribution in [0.25, 0.3) is 0 Å². The zero-order valence-corrected chi connectivity index (χ0v) is 12.0. The van der Waals surface area contributed by atoms with Crippen molar-refractivity contribution >= 4 is 11.8 Å². The van der Waals surface area contributed by atoms with Crippen LogP contribution in [0.3, 0.4) is 0 Å². The second kappa shape index (κ2) is 7.12. The van der Waals surface area contributed by atoms with Gasteiger partial charge in [-0.15, -0.1) is 0 Å². The first-order valence-electron chi connectivity index (χ1n) is 7.25. The molecule has 20 heavy (non-hydrogen) atoms. The Morgan fingerprint density at radius 2 is 1.95 bits per heavy atom. The predicted octanol–water partition coefficient (Wildman–Crippen LogP) is 2.00. The van der Waals surface area contributed by atoms with Gasteiger partial charge in [-0.1, -0.05) is 0 Å². The van der Waals surface area contributed by atoms with E-state index in [2.05, 4.69) is 5.32 Å². The van der Waals surface area contributed by atoms with Crippen LogP contribution >= 0.6 is 0 Å². The lowest BCUT2D eigenvalue weighted by Crippen LogP contribution is -2.36. The van der Waals surface area contributed by atoms with Gasteiger partial charge in [0.2, 0.25) is 11.8 Å². The van der Waals surface area contributed by atoms with Crippen LogP contribution in [0, 0.1) is 6.92 Å². The molecule has 0 saturated carbocycles. The zero-order valence-electron chi connectivity index (χ0n) is 12.0. The molecule has 5 nitrogen and oxygen atoms in total. The van der Waals surface area contributed by atoms with Crippen LogP contribution in [0.5, 0.6) is 0 Å². The fourth-order valence-corrected chi connectivity index (χ4v) is 2.38. The van der Waals surface area contributed by atoms with Crippen molar-refractivity contribution in [3.63, 3.8) is 0 Å². The third-order valence-corrected chi connectivity index (χ3v) is 3.53. The molecule has 0 aromatic carbocycles. The van der Waals surface area contributed by atoms with Crippen LogP contribution in [0.1, 0.15) is 43.6 Å². The zero-order chi connectivity index (χ0) is 14.4. The number of nitrogens with one attached hydrogen (secondary N) is 1. The number of hydrogen-bond donors (Lipinski definition) is 1. The van der Waals surface area contributed by atoms with Crippen molar-refractivity contribution in [1.82, 2.24) is 10.2 Å². The van der Waals surface area contributed by atoms with Gasteiger partial charge in [-0.3, -0.25) is 9.59 Å². The van der Waals surface area contributed by atoms with Gasteiger partial charge in [-0.25, -0.2) is 0 Å².